The van der Waals surface area contributed by atoms with Crippen LogP contribution in [0.15, 0.2) is 41.3 Å². The summed E-state index contributed by atoms with van der Waals surface area (Å²) in [5.74, 6) is 0.690. The number of nitrogens with one attached hydrogen (secondary N) is 1. The van der Waals surface area contributed by atoms with Crippen molar-refractivity contribution >= 4 is 21.6 Å². The van der Waals surface area contributed by atoms with Gasteiger partial charge in [-0.3, -0.25) is 4.79 Å². The van der Waals surface area contributed by atoms with E-state index in [4.69, 9.17) is 18.9 Å². The minimum absolute atomic E-state index is 0.162. The summed E-state index contributed by atoms with van der Waals surface area (Å²) in [6.07, 6.45) is 0. The zero-order chi connectivity index (χ0) is 21.7. The smallest absolute Gasteiger partial charge is 0.255 e. The van der Waals surface area contributed by atoms with Crippen molar-refractivity contribution in [2.24, 2.45) is 0 Å². The van der Waals surface area contributed by atoms with E-state index in [2.05, 4.69) is 5.32 Å². The first-order valence-corrected chi connectivity index (χ1v) is 10.6. The van der Waals surface area contributed by atoms with Gasteiger partial charge in [-0.1, -0.05) is 0 Å². The van der Waals surface area contributed by atoms with Crippen LogP contribution in [0, 0.1) is 0 Å². The maximum atomic E-state index is 12.7. The number of anilines is 1. The van der Waals surface area contributed by atoms with Crippen molar-refractivity contribution < 1.29 is 32.2 Å². The van der Waals surface area contributed by atoms with Gasteiger partial charge in [-0.2, -0.15) is 4.31 Å². The minimum Gasteiger partial charge on any atom is -0.493 e. The van der Waals surface area contributed by atoms with Gasteiger partial charge >= 0.3 is 0 Å². The quantitative estimate of drug-likeness (QED) is 0.708. The number of nitrogens with zero attached hydrogens (tertiary/aromatic N) is 1. The maximum Gasteiger partial charge on any atom is 0.255 e. The van der Waals surface area contributed by atoms with Gasteiger partial charge in [-0.25, -0.2) is 8.42 Å². The molecule has 1 amide bonds. The first kappa shape index (κ1) is 21.9. The molecular formula is C20H24N2O7S. The Morgan fingerprint density at radius 3 is 2.03 bits per heavy atom. The van der Waals surface area contributed by atoms with E-state index in [1.54, 1.807) is 12.1 Å². The third-order valence-electron chi connectivity index (χ3n) is 4.65. The lowest BCUT2D eigenvalue weighted by atomic mass is 10.1. The molecule has 1 heterocycles. The van der Waals surface area contributed by atoms with Crippen LogP contribution in [0.2, 0.25) is 0 Å². The normalized spacial score (nSPS) is 14.8. The van der Waals surface area contributed by atoms with Crippen LogP contribution in [0.3, 0.4) is 0 Å². The topological polar surface area (TPSA) is 103 Å². The van der Waals surface area contributed by atoms with Crippen molar-refractivity contribution in [1.29, 1.82) is 0 Å². The van der Waals surface area contributed by atoms with Crippen molar-refractivity contribution in [1.82, 2.24) is 4.31 Å². The van der Waals surface area contributed by atoms with Crippen LogP contribution in [-0.2, 0) is 14.8 Å². The van der Waals surface area contributed by atoms with Crippen molar-refractivity contribution in [3.8, 4) is 17.2 Å². The highest BCUT2D eigenvalue weighted by atomic mass is 32.2. The van der Waals surface area contributed by atoms with Gasteiger partial charge in [-0.15, -0.1) is 0 Å². The zero-order valence-electron chi connectivity index (χ0n) is 17.0. The molecule has 1 saturated heterocycles. The number of methoxy groups -OCH3 is 3. The number of carbonyl (C=O) groups is 1. The molecule has 3 rings (SSSR count). The van der Waals surface area contributed by atoms with Crippen molar-refractivity contribution in [2.45, 2.75) is 4.90 Å². The fraction of sp³-hybridized carbons (Fsp3) is 0.350. The van der Waals surface area contributed by atoms with Gasteiger partial charge in [-0.05, 0) is 36.4 Å². The molecule has 0 aliphatic carbocycles. The van der Waals surface area contributed by atoms with Gasteiger partial charge < -0.3 is 24.3 Å². The summed E-state index contributed by atoms with van der Waals surface area (Å²) in [5, 5.41) is 2.74. The Bertz CT molecular complexity index is 975. The second kappa shape index (κ2) is 9.33. The number of hydrogen-bond acceptors (Lipinski definition) is 7. The third kappa shape index (κ3) is 4.50. The summed E-state index contributed by atoms with van der Waals surface area (Å²) in [7, 11) is 0.817. The standard InChI is InChI=1S/C20H24N2O7S/c1-26-17-12-14(13-18(27-2)19(17)28-3)20(23)21-15-4-6-16(7-5-15)30(24,25)22-8-10-29-11-9-22/h4-7,12-13H,8-11H2,1-3H3,(H,21,23). The molecule has 162 valence electrons. The number of sulfonamides is 1. The van der Waals surface area contributed by atoms with Crippen LogP contribution in [0.25, 0.3) is 0 Å². The van der Waals surface area contributed by atoms with E-state index in [9.17, 15) is 13.2 Å². The summed E-state index contributed by atoms with van der Waals surface area (Å²) >= 11 is 0. The Morgan fingerprint density at radius 1 is 0.967 bits per heavy atom. The molecule has 1 aliphatic rings. The highest BCUT2D eigenvalue weighted by molar-refractivity contribution is 7.89. The molecule has 2 aromatic rings. The van der Waals surface area contributed by atoms with E-state index in [0.29, 0.717) is 54.8 Å². The van der Waals surface area contributed by atoms with E-state index in [-0.39, 0.29) is 4.90 Å². The zero-order valence-corrected chi connectivity index (χ0v) is 17.8. The van der Waals surface area contributed by atoms with E-state index >= 15 is 0 Å². The maximum absolute atomic E-state index is 12.7. The third-order valence-corrected chi connectivity index (χ3v) is 6.56. The molecule has 0 aromatic heterocycles. The summed E-state index contributed by atoms with van der Waals surface area (Å²) < 4.78 is 47.8. The highest BCUT2D eigenvalue weighted by Crippen LogP contribution is 2.38. The number of rotatable bonds is 7. The fourth-order valence-electron chi connectivity index (χ4n) is 3.06. The van der Waals surface area contributed by atoms with Gasteiger partial charge in [0.25, 0.3) is 5.91 Å². The number of ether oxygens (including phenoxy) is 4. The first-order chi connectivity index (χ1) is 14.4. The SMILES string of the molecule is COc1cc(C(=O)Nc2ccc(S(=O)(=O)N3CCOCC3)cc2)cc(OC)c1OC. The van der Waals surface area contributed by atoms with Crippen LogP contribution in [0.5, 0.6) is 17.2 Å². The lowest BCUT2D eigenvalue weighted by Crippen LogP contribution is -2.40. The number of carbonyl (C=O) groups excluding carboxylic acids is 1. The van der Waals surface area contributed by atoms with Crippen LogP contribution in [0.4, 0.5) is 5.69 Å². The number of morpholine rings is 1. The Labute approximate surface area is 175 Å². The second-order valence-electron chi connectivity index (χ2n) is 6.41. The predicted octanol–water partition coefficient (Wildman–Crippen LogP) is 1.99. The van der Waals surface area contributed by atoms with E-state index in [1.165, 1.54) is 49.9 Å². The largest absolute Gasteiger partial charge is 0.493 e. The summed E-state index contributed by atoms with van der Waals surface area (Å²) in [4.78, 5) is 12.8. The molecule has 30 heavy (non-hydrogen) atoms. The van der Waals surface area contributed by atoms with Gasteiger partial charge in [0, 0.05) is 24.3 Å². The summed E-state index contributed by atoms with van der Waals surface area (Å²) in [6, 6.07) is 9.10. The average Bonchev–Trinajstić information content (AvgIpc) is 2.78. The molecule has 0 saturated carbocycles. The monoisotopic (exact) mass is 436 g/mol. The van der Waals surface area contributed by atoms with Crippen molar-refractivity contribution in [3.05, 3.63) is 42.0 Å². The molecule has 0 bridgehead atoms. The van der Waals surface area contributed by atoms with Crippen LogP contribution in [0.1, 0.15) is 10.4 Å². The molecule has 1 N–H and O–H groups in total. The van der Waals surface area contributed by atoms with E-state index < -0.39 is 15.9 Å². The van der Waals surface area contributed by atoms with Crippen LogP contribution in [-0.4, -0.2) is 66.3 Å². The van der Waals surface area contributed by atoms with Crippen molar-refractivity contribution in [3.63, 3.8) is 0 Å². The Balaban J connectivity index is 1.78. The molecule has 0 spiro atoms. The van der Waals surface area contributed by atoms with Crippen LogP contribution < -0.4 is 19.5 Å². The average molecular weight is 436 g/mol. The lowest BCUT2D eigenvalue weighted by molar-refractivity contribution is 0.0730. The van der Waals surface area contributed by atoms with E-state index in [1.807, 2.05) is 0 Å². The second-order valence-corrected chi connectivity index (χ2v) is 8.35. The Kier molecular flexibility index (Phi) is 6.80. The van der Waals surface area contributed by atoms with Gasteiger partial charge in [0.2, 0.25) is 15.8 Å². The molecule has 0 atom stereocenters. The Hall–Kier alpha value is -2.82. The van der Waals surface area contributed by atoms with E-state index in [0.717, 1.165) is 0 Å². The fourth-order valence-corrected chi connectivity index (χ4v) is 4.47. The molecule has 0 radical (unpaired) electrons. The molecule has 9 nitrogen and oxygen atoms in total. The minimum atomic E-state index is -3.59. The highest BCUT2D eigenvalue weighted by Gasteiger charge is 2.26. The molecule has 1 fully saturated rings. The predicted molar refractivity (Wildman–Crippen MR) is 110 cm³/mol. The number of hydrogen-bond donors (Lipinski definition) is 1. The van der Waals surface area contributed by atoms with Crippen molar-refractivity contribution in [2.75, 3.05) is 52.9 Å². The number of benzene rings is 2. The van der Waals surface area contributed by atoms with Gasteiger partial charge in [0.05, 0.1) is 39.4 Å². The molecule has 10 heteroatoms. The van der Waals surface area contributed by atoms with Gasteiger partial charge in [0.1, 0.15) is 0 Å². The first-order valence-electron chi connectivity index (χ1n) is 9.20. The van der Waals surface area contributed by atoms with Gasteiger partial charge in [0.15, 0.2) is 11.5 Å². The van der Waals surface area contributed by atoms with Crippen LogP contribution >= 0.6 is 0 Å². The Morgan fingerprint density at radius 2 is 1.53 bits per heavy atom. The lowest BCUT2D eigenvalue weighted by Gasteiger charge is -2.26. The molecule has 1 aliphatic heterocycles. The molecule has 0 unspecified atom stereocenters. The molecular weight excluding hydrogens is 412 g/mol. The summed E-state index contributed by atoms with van der Waals surface area (Å²) in [6.45, 7) is 1.40. The summed E-state index contributed by atoms with van der Waals surface area (Å²) in [5.41, 5.74) is 0.754. The number of amides is 1. The molecule has 2 aromatic carbocycles.